The molecule has 0 saturated carbocycles. The number of hydrogen-bond donors (Lipinski definition) is 0. The van der Waals surface area contributed by atoms with Gasteiger partial charge in [0.05, 0.1) is 5.92 Å². The van der Waals surface area contributed by atoms with Gasteiger partial charge in [0.2, 0.25) is 0 Å². The van der Waals surface area contributed by atoms with Crippen LogP contribution in [0.4, 0.5) is 0 Å². The predicted octanol–water partition coefficient (Wildman–Crippen LogP) is 9.10. The molecule has 4 aromatic rings. The maximum absolute atomic E-state index is 6.23. The van der Waals surface area contributed by atoms with Crippen LogP contribution in [-0.2, 0) is 0 Å². The van der Waals surface area contributed by atoms with Gasteiger partial charge in [-0.1, -0.05) is 120 Å². The van der Waals surface area contributed by atoms with Crippen LogP contribution in [0.15, 0.2) is 85.1 Å². The normalized spacial score (nSPS) is 13.1. The Morgan fingerprint density at radius 1 is 0.676 bits per heavy atom. The van der Waals surface area contributed by atoms with Crippen LogP contribution >= 0.6 is 0 Å². The number of nitrogens with zero attached hydrogens (tertiary/aromatic N) is 1. The quantitative estimate of drug-likeness (QED) is 0.190. The Hall–Kier alpha value is -3.02. The number of aromatic nitrogens is 1. The Morgan fingerprint density at radius 2 is 1.21 bits per heavy atom. The Labute approximate surface area is 206 Å². The molecule has 0 bridgehead atoms. The third-order valence-electron chi connectivity index (χ3n) is 7.76. The summed E-state index contributed by atoms with van der Waals surface area (Å²) >= 11 is 0. The second-order valence-electron chi connectivity index (χ2n) is 10.4. The molecule has 0 fully saturated rings. The fraction of sp³-hybridized carbons (Fsp3) is 0.312. The molecule has 1 aromatic heterocycles. The van der Waals surface area contributed by atoms with Crippen LogP contribution in [-0.4, -0.2) is 12.5 Å². The van der Waals surface area contributed by atoms with E-state index in [1.54, 1.807) is 0 Å². The fourth-order valence-electron chi connectivity index (χ4n) is 6.46. The lowest BCUT2D eigenvalue weighted by Gasteiger charge is -2.44. The van der Waals surface area contributed by atoms with E-state index in [0.29, 0.717) is 16.6 Å². The molecule has 0 amide bonds. The van der Waals surface area contributed by atoms with E-state index in [1.807, 2.05) is 0 Å². The predicted molar refractivity (Wildman–Crippen MR) is 151 cm³/mol. The highest BCUT2D eigenvalue weighted by Crippen LogP contribution is 2.46. The van der Waals surface area contributed by atoms with Gasteiger partial charge in [-0.2, -0.15) is 0 Å². The lowest BCUT2D eigenvalue weighted by Crippen LogP contribution is -2.51. The highest BCUT2D eigenvalue weighted by Gasteiger charge is 2.46. The molecule has 174 valence electrons. The van der Waals surface area contributed by atoms with E-state index in [2.05, 4.69) is 137 Å². The monoisotopic (exact) mass is 463 g/mol. The summed E-state index contributed by atoms with van der Waals surface area (Å²) in [5.41, 5.74) is 8.06. The van der Waals surface area contributed by atoms with Crippen molar-refractivity contribution in [3.05, 3.63) is 96.2 Å². The van der Waals surface area contributed by atoms with Gasteiger partial charge >= 0.3 is 0 Å². The van der Waals surface area contributed by atoms with Crippen molar-refractivity contribution < 1.29 is 0 Å². The minimum Gasteiger partial charge on any atom is -0.373 e. The molecule has 0 saturated heterocycles. The zero-order valence-corrected chi connectivity index (χ0v) is 22.4. The van der Waals surface area contributed by atoms with Gasteiger partial charge in [0.1, 0.15) is 0 Å². The number of benzene rings is 3. The van der Waals surface area contributed by atoms with Gasteiger partial charge in [-0.3, -0.25) is 0 Å². The van der Waals surface area contributed by atoms with Gasteiger partial charge in [0, 0.05) is 17.1 Å². The van der Waals surface area contributed by atoms with Crippen LogP contribution in [0.2, 0.25) is 16.6 Å². The van der Waals surface area contributed by atoms with Crippen molar-refractivity contribution in [2.45, 2.75) is 64.1 Å². The molecule has 3 aromatic carbocycles. The molecule has 1 atom stereocenters. The van der Waals surface area contributed by atoms with Gasteiger partial charge in [0.25, 0.3) is 0 Å². The minimum atomic E-state index is -1.91. The maximum Gasteiger partial charge on any atom is 0.169 e. The average Bonchev–Trinajstić information content (AvgIpc) is 3.20. The van der Waals surface area contributed by atoms with Crippen molar-refractivity contribution in [1.82, 2.24) is 4.23 Å². The molecule has 0 N–H and O–H groups in total. The number of fused-ring (bicyclic) bond motifs is 1. The van der Waals surface area contributed by atoms with Crippen LogP contribution in [0.5, 0.6) is 0 Å². The largest absolute Gasteiger partial charge is 0.373 e. The summed E-state index contributed by atoms with van der Waals surface area (Å²) in [6, 6.07) is 28.2. The minimum absolute atomic E-state index is 0.0749. The van der Waals surface area contributed by atoms with Crippen LogP contribution in [0.25, 0.3) is 22.0 Å². The Bertz CT molecular complexity index is 1260. The molecule has 4 rings (SSSR count). The van der Waals surface area contributed by atoms with E-state index in [0.717, 1.165) is 0 Å². The molecule has 1 nitrogen and oxygen atoms in total. The van der Waals surface area contributed by atoms with Crippen molar-refractivity contribution >= 4 is 19.1 Å². The first kappa shape index (κ1) is 24.1. The second-order valence-corrected chi connectivity index (χ2v) is 16.1. The van der Waals surface area contributed by atoms with Crippen LogP contribution in [0, 0.1) is 12.3 Å². The van der Waals surface area contributed by atoms with Crippen molar-refractivity contribution in [2.75, 3.05) is 0 Å². The summed E-state index contributed by atoms with van der Waals surface area (Å²) in [6.45, 7) is 14.5. The lowest BCUT2D eigenvalue weighted by molar-refractivity contribution is 0.771. The van der Waals surface area contributed by atoms with Gasteiger partial charge in [-0.25, -0.2) is 0 Å². The SMILES string of the molecule is C#C[C@@H](c1ccc(-c2ccccc2)cc1)c1cn([Si](C(C)C)(C(C)C)C(C)C)c2ccccc12. The van der Waals surface area contributed by atoms with E-state index in [-0.39, 0.29) is 5.92 Å². The molecule has 0 aliphatic rings. The first-order chi connectivity index (χ1) is 16.3. The van der Waals surface area contributed by atoms with Gasteiger partial charge in [-0.05, 0) is 44.9 Å². The number of rotatable bonds is 7. The van der Waals surface area contributed by atoms with E-state index >= 15 is 0 Å². The van der Waals surface area contributed by atoms with E-state index in [9.17, 15) is 0 Å². The first-order valence-electron chi connectivity index (χ1n) is 12.5. The van der Waals surface area contributed by atoms with E-state index in [4.69, 9.17) is 6.42 Å². The number of para-hydroxylation sites is 1. The maximum atomic E-state index is 6.23. The molecular formula is C32H37NSi. The molecule has 0 spiro atoms. The second kappa shape index (κ2) is 9.69. The number of terminal acetylenes is 1. The highest BCUT2D eigenvalue weighted by atomic mass is 28.3. The van der Waals surface area contributed by atoms with Crippen molar-refractivity contribution in [2.24, 2.45) is 0 Å². The van der Waals surface area contributed by atoms with Crippen molar-refractivity contribution in [1.29, 1.82) is 0 Å². The van der Waals surface area contributed by atoms with Crippen molar-refractivity contribution in [3.8, 4) is 23.5 Å². The van der Waals surface area contributed by atoms with Crippen LogP contribution < -0.4 is 0 Å². The van der Waals surface area contributed by atoms with Gasteiger partial charge < -0.3 is 4.23 Å². The van der Waals surface area contributed by atoms with Gasteiger partial charge in [0.15, 0.2) is 8.24 Å². The van der Waals surface area contributed by atoms with Crippen molar-refractivity contribution in [3.63, 3.8) is 0 Å². The zero-order valence-electron chi connectivity index (χ0n) is 21.4. The Kier molecular flexibility index (Phi) is 6.87. The lowest BCUT2D eigenvalue weighted by atomic mass is 9.90. The molecule has 0 unspecified atom stereocenters. The summed E-state index contributed by atoms with van der Waals surface area (Å²) in [5.74, 6) is 3.07. The smallest absolute Gasteiger partial charge is 0.169 e. The van der Waals surface area contributed by atoms with E-state index < -0.39 is 8.24 Å². The molecule has 1 heterocycles. The molecule has 0 aliphatic carbocycles. The first-order valence-corrected chi connectivity index (χ1v) is 14.7. The molecule has 0 radical (unpaired) electrons. The summed E-state index contributed by atoms with van der Waals surface area (Å²) in [7, 11) is -1.91. The molecule has 2 heteroatoms. The Balaban J connectivity index is 1.87. The summed E-state index contributed by atoms with van der Waals surface area (Å²) in [6.07, 6.45) is 8.65. The number of hydrogen-bond acceptors (Lipinski definition) is 0. The standard InChI is InChI=1S/C32H37NSi/c1-8-29(28-20-18-27(19-21-28)26-14-10-9-11-15-26)31-22-33(32-17-13-12-16-30(31)32)34(23(2)3,24(4)5)25(6)7/h1,9-25,29H,2-7H3/t29-/m0/s1. The van der Waals surface area contributed by atoms with Gasteiger partial charge in [-0.15, -0.1) is 6.42 Å². The third kappa shape index (κ3) is 3.93. The highest BCUT2D eigenvalue weighted by molar-refractivity contribution is 6.82. The summed E-state index contributed by atoms with van der Waals surface area (Å²) < 4.78 is 2.69. The third-order valence-corrected chi connectivity index (χ3v) is 14.5. The van der Waals surface area contributed by atoms with Crippen LogP contribution in [0.3, 0.4) is 0 Å². The van der Waals surface area contributed by atoms with E-state index in [1.165, 1.54) is 33.2 Å². The molecule has 34 heavy (non-hydrogen) atoms. The topological polar surface area (TPSA) is 4.93 Å². The summed E-state index contributed by atoms with van der Waals surface area (Å²) in [5, 5.41) is 1.29. The molecular weight excluding hydrogens is 426 g/mol. The zero-order chi connectivity index (χ0) is 24.5. The van der Waals surface area contributed by atoms with Crippen LogP contribution in [0.1, 0.15) is 58.6 Å². The average molecular weight is 464 g/mol. The Morgan fingerprint density at radius 3 is 1.76 bits per heavy atom. The summed E-state index contributed by atoms with van der Waals surface area (Å²) in [4.78, 5) is 0. The molecule has 0 aliphatic heterocycles. The fourth-order valence-corrected chi connectivity index (χ4v) is 13.1.